The summed E-state index contributed by atoms with van der Waals surface area (Å²) in [5.41, 5.74) is 4.62. The van der Waals surface area contributed by atoms with Crippen molar-refractivity contribution in [2.45, 2.75) is 45.2 Å². The van der Waals surface area contributed by atoms with Crippen LogP contribution in [-0.4, -0.2) is 17.6 Å². The molecule has 0 aliphatic carbocycles. The molecule has 0 bridgehead atoms. The normalized spacial score (nSPS) is 14.9. The maximum absolute atomic E-state index is 15.0. The SMILES string of the molecule is Fc1c(F)c(F)c(-c2ccc(-c3cc4ccccc4c4c3C[N+]3(CCCCCCC3)Cc3c(-c5ccc(-c6c(F)c(F)c(F)c(F)c6F)cc5)cc5ccccc5c3-4)cc2)c(F)c1F. The first-order valence-corrected chi connectivity index (χ1v) is 21.1. The molecule has 0 atom stereocenters. The number of quaternary nitrogens is 1. The summed E-state index contributed by atoms with van der Waals surface area (Å²) >= 11 is 0. The summed E-state index contributed by atoms with van der Waals surface area (Å²) in [6, 6.07) is 32.1. The van der Waals surface area contributed by atoms with Crippen molar-refractivity contribution < 1.29 is 48.4 Å². The Morgan fingerprint density at radius 3 is 1.00 bits per heavy atom. The first-order chi connectivity index (χ1) is 30.9. The molecule has 64 heavy (non-hydrogen) atoms. The average Bonchev–Trinajstić information content (AvgIpc) is 3.46. The van der Waals surface area contributed by atoms with Gasteiger partial charge in [0, 0.05) is 22.3 Å². The van der Waals surface area contributed by atoms with E-state index in [0.29, 0.717) is 28.7 Å². The van der Waals surface area contributed by atoms with Crippen molar-refractivity contribution in [1.82, 2.24) is 0 Å². The molecule has 0 radical (unpaired) electrons. The van der Waals surface area contributed by atoms with Gasteiger partial charge < -0.3 is 4.48 Å². The van der Waals surface area contributed by atoms with Crippen LogP contribution in [0.1, 0.15) is 43.2 Å². The van der Waals surface area contributed by atoms with Gasteiger partial charge in [0.05, 0.1) is 24.2 Å². The fourth-order valence-electron chi connectivity index (χ4n) is 10.1. The van der Waals surface area contributed by atoms with Crippen LogP contribution in [0.3, 0.4) is 0 Å². The fourth-order valence-corrected chi connectivity index (χ4v) is 10.1. The molecule has 2 aliphatic rings. The Labute approximate surface area is 361 Å². The van der Waals surface area contributed by atoms with Crippen molar-refractivity contribution in [2.24, 2.45) is 0 Å². The Kier molecular flexibility index (Phi) is 10.4. The lowest BCUT2D eigenvalue weighted by Crippen LogP contribution is -2.48. The van der Waals surface area contributed by atoms with Crippen molar-refractivity contribution in [3.63, 3.8) is 0 Å². The molecule has 0 unspecified atom stereocenters. The van der Waals surface area contributed by atoms with Crippen molar-refractivity contribution in [3.05, 3.63) is 178 Å². The van der Waals surface area contributed by atoms with Gasteiger partial charge in [-0.2, -0.15) is 0 Å². The predicted molar refractivity (Wildman–Crippen MR) is 229 cm³/mol. The molecule has 10 rings (SSSR count). The molecule has 1 spiro atoms. The van der Waals surface area contributed by atoms with Crippen molar-refractivity contribution in [3.8, 4) is 55.6 Å². The minimum absolute atomic E-state index is 0.178. The van der Waals surface area contributed by atoms with Crippen LogP contribution in [0.2, 0.25) is 0 Å². The number of hydrogen-bond donors (Lipinski definition) is 0. The Morgan fingerprint density at radius 2 is 0.625 bits per heavy atom. The lowest BCUT2D eigenvalue weighted by molar-refractivity contribution is -0.954. The fraction of sp³-hybridized carbons (Fsp3) is 0.170. The maximum Gasteiger partial charge on any atom is 0.200 e. The van der Waals surface area contributed by atoms with E-state index < -0.39 is 69.3 Å². The zero-order valence-electron chi connectivity index (χ0n) is 34.0. The third-order valence-electron chi connectivity index (χ3n) is 13.2. The monoisotopic (exact) mass is 876 g/mol. The minimum atomic E-state index is -2.23. The highest BCUT2D eigenvalue weighted by Gasteiger charge is 2.38. The molecule has 322 valence electrons. The van der Waals surface area contributed by atoms with E-state index in [4.69, 9.17) is 0 Å². The quantitative estimate of drug-likeness (QED) is 0.0715. The van der Waals surface area contributed by atoms with E-state index in [1.165, 1.54) is 24.3 Å². The Hall–Kier alpha value is -6.46. The lowest BCUT2D eigenvalue weighted by Gasteiger charge is -2.40. The van der Waals surface area contributed by atoms with Gasteiger partial charge in [-0.25, -0.2) is 43.9 Å². The van der Waals surface area contributed by atoms with E-state index in [2.05, 4.69) is 24.3 Å². The van der Waals surface area contributed by atoms with E-state index in [1.54, 1.807) is 24.3 Å². The molecule has 0 aromatic heterocycles. The summed E-state index contributed by atoms with van der Waals surface area (Å²) in [6.45, 7) is 2.87. The topological polar surface area (TPSA) is 0 Å². The highest BCUT2D eigenvalue weighted by atomic mass is 19.2. The van der Waals surface area contributed by atoms with Crippen LogP contribution >= 0.6 is 0 Å². The predicted octanol–water partition coefficient (Wildman–Crippen LogP) is 15.5. The zero-order valence-corrected chi connectivity index (χ0v) is 34.0. The summed E-state index contributed by atoms with van der Waals surface area (Å²) in [4.78, 5) is 0. The molecule has 2 heterocycles. The first-order valence-electron chi connectivity index (χ1n) is 21.1. The van der Waals surface area contributed by atoms with Gasteiger partial charge in [-0.05, 0) is 92.7 Å². The molecule has 1 fully saturated rings. The largest absolute Gasteiger partial charge is 0.316 e. The van der Waals surface area contributed by atoms with Crippen molar-refractivity contribution >= 4 is 21.5 Å². The van der Waals surface area contributed by atoms with E-state index >= 15 is 17.6 Å². The second kappa shape index (κ2) is 16.0. The maximum atomic E-state index is 15.0. The van der Waals surface area contributed by atoms with E-state index in [1.807, 2.05) is 36.4 Å². The smallest absolute Gasteiger partial charge is 0.200 e. The standard InChI is InChI=1S/C53H36F10N/c54-44-40(45(55)49(59)52(62)48(44)58)30-18-14-28(15-19-30)36-24-32-10-4-6-12-34(32)42-38(36)26-64(22-8-2-1-3-9-23-64)27-39-37(25-33-11-5-7-13-35(33)43(39)42)29-16-20-31(21-17-29)41-46(56)50(60)53(63)51(61)47(41)57/h4-7,10-21,24-25H,1-3,8-9,22-23,26-27H2/q+1. The van der Waals surface area contributed by atoms with Gasteiger partial charge in [0.2, 0.25) is 11.6 Å². The van der Waals surface area contributed by atoms with Gasteiger partial charge >= 0.3 is 0 Å². The third-order valence-corrected chi connectivity index (χ3v) is 13.2. The van der Waals surface area contributed by atoms with E-state index in [9.17, 15) is 26.3 Å². The number of fused-ring (bicyclic) bond motifs is 7. The summed E-state index contributed by atoms with van der Waals surface area (Å²) in [5.74, 6) is -20.2. The van der Waals surface area contributed by atoms with E-state index in [-0.39, 0.29) is 11.1 Å². The van der Waals surface area contributed by atoms with Crippen LogP contribution in [0.5, 0.6) is 0 Å². The van der Waals surface area contributed by atoms with Crippen LogP contribution in [0.4, 0.5) is 43.9 Å². The van der Waals surface area contributed by atoms with Crippen LogP contribution < -0.4 is 0 Å². The number of hydrogen-bond acceptors (Lipinski definition) is 0. The molecule has 0 N–H and O–H groups in total. The second-order valence-electron chi connectivity index (χ2n) is 16.9. The van der Waals surface area contributed by atoms with Gasteiger partial charge in [0.1, 0.15) is 13.1 Å². The molecular weight excluding hydrogens is 841 g/mol. The molecular formula is C53H36F10N+. The van der Waals surface area contributed by atoms with Gasteiger partial charge in [-0.15, -0.1) is 0 Å². The Morgan fingerprint density at radius 1 is 0.312 bits per heavy atom. The molecule has 11 heteroatoms. The minimum Gasteiger partial charge on any atom is -0.316 e. The van der Waals surface area contributed by atoms with Crippen LogP contribution in [0.25, 0.3) is 77.2 Å². The van der Waals surface area contributed by atoms with Crippen molar-refractivity contribution in [1.29, 1.82) is 0 Å². The van der Waals surface area contributed by atoms with Crippen LogP contribution in [0.15, 0.2) is 109 Å². The zero-order chi connectivity index (χ0) is 44.6. The first kappa shape index (κ1) is 41.5. The van der Waals surface area contributed by atoms with Gasteiger partial charge in [-0.1, -0.05) is 103 Å². The molecule has 1 saturated heterocycles. The molecule has 8 aromatic carbocycles. The summed E-state index contributed by atoms with van der Waals surface area (Å²) in [6.07, 6.45) is 5.14. The highest BCUT2D eigenvalue weighted by Crippen LogP contribution is 2.51. The lowest BCUT2D eigenvalue weighted by atomic mass is 9.82. The summed E-state index contributed by atoms with van der Waals surface area (Å²) in [7, 11) is 0. The molecule has 2 aliphatic heterocycles. The average molecular weight is 877 g/mol. The second-order valence-corrected chi connectivity index (χ2v) is 16.9. The molecule has 8 aromatic rings. The molecule has 0 amide bonds. The Balaban J connectivity index is 1.23. The van der Waals surface area contributed by atoms with Gasteiger partial charge in [0.25, 0.3) is 0 Å². The number of rotatable bonds is 4. The Bertz CT molecular complexity index is 2920. The summed E-state index contributed by atoms with van der Waals surface area (Å²) < 4.78 is 146. The molecule has 0 saturated carbocycles. The van der Waals surface area contributed by atoms with E-state index in [0.717, 1.165) is 100 Å². The number of nitrogens with zero attached hydrogens (tertiary/aromatic N) is 1. The van der Waals surface area contributed by atoms with Gasteiger partial charge in [-0.3, -0.25) is 0 Å². The van der Waals surface area contributed by atoms with Crippen LogP contribution in [0, 0.1) is 58.2 Å². The van der Waals surface area contributed by atoms with Crippen molar-refractivity contribution in [2.75, 3.05) is 13.1 Å². The highest BCUT2D eigenvalue weighted by molar-refractivity contribution is 6.12. The number of benzene rings is 8. The van der Waals surface area contributed by atoms with Gasteiger partial charge in [0.15, 0.2) is 46.5 Å². The molecule has 1 nitrogen and oxygen atoms in total. The third kappa shape index (κ3) is 6.66. The summed E-state index contributed by atoms with van der Waals surface area (Å²) in [5, 5.41) is 3.73. The van der Waals surface area contributed by atoms with Crippen LogP contribution in [-0.2, 0) is 13.1 Å². The number of halogens is 10.